The SMILES string of the molecule is O=C(CSc1nnc2c(Cl)cc(Cl)cn12)Nc1ccc(N=Nc2ccccc2)cc1. The summed E-state index contributed by atoms with van der Waals surface area (Å²) in [7, 11) is 0. The van der Waals surface area contributed by atoms with Gasteiger partial charge in [0.15, 0.2) is 10.8 Å². The molecular weight excluding hydrogens is 443 g/mol. The number of aromatic nitrogens is 3. The Morgan fingerprint density at radius 3 is 2.43 bits per heavy atom. The number of amides is 1. The number of carbonyl (C=O) groups excluding carboxylic acids is 1. The van der Waals surface area contributed by atoms with Gasteiger partial charge in [0.1, 0.15) is 0 Å². The number of anilines is 1. The average Bonchev–Trinajstić information content (AvgIpc) is 3.16. The number of nitrogens with one attached hydrogen (secondary N) is 1. The summed E-state index contributed by atoms with van der Waals surface area (Å²) < 4.78 is 1.66. The van der Waals surface area contributed by atoms with E-state index < -0.39 is 0 Å². The second-order valence-electron chi connectivity index (χ2n) is 6.10. The third-order valence-electron chi connectivity index (χ3n) is 3.92. The number of azo groups is 1. The van der Waals surface area contributed by atoms with Crippen molar-refractivity contribution in [3.63, 3.8) is 0 Å². The van der Waals surface area contributed by atoms with Crippen LogP contribution in [0.4, 0.5) is 17.1 Å². The van der Waals surface area contributed by atoms with Gasteiger partial charge >= 0.3 is 0 Å². The van der Waals surface area contributed by atoms with Gasteiger partial charge in [-0.15, -0.1) is 10.2 Å². The molecule has 0 aliphatic rings. The topological polar surface area (TPSA) is 84.0 Å². The first kappa shape index (κ1) is 20.3. The summed E-state index contributed by atoms with van der Waals surface area (Å²) in [6, 6.07) is 18.2. The fraction of sp³-hybridized carbons (Fsp3) is 0.0500. The molecule has 1 amide bonds. The van der Waals surface area contributed by atoms with E-state index in [-0.39, 0.29) is 11.7 Å². The zero-order valence-electron chi connectivity index (χ0n) is 15.4. The lowest BCUT2D eigenvalue weighted by Crippen LogP contribution is -2.14. The number of rotatable bonds is 6. The minimum absolute atomic E-state index is 0.153. The van der Waals surface area contributed by atoms with Gasteiger partial charge in [-0.2, -0.15) is 10.2 Å². The van der Waals surface area contributed by atoms with Gasteiger partial charge in [-0.05, 0) is 42.5 Å². The van der Waals surface area contributed by atoms with E-state index in [1.165, 1.54) is 11.8 Å². The van der Waals surface area contributed by atoms with Crippen molar-refractivity contribution in [3.05, 3.63) is 76.9 Å². The number of benzene rings is 2. The fourth-order valence-corrected chi connectivity index (χ4v) is 3.77. The van der Waals surface area contributed by atoms with Crippen molar-refractivity contribution >= 4 is 63.6 Å². The molecule has 0 aliphatic heterocycles. The minimum Gasteiger partial charge on any atom is -0.325 e. The van der Waals surface area contributed by atoms with E-state index in [4.69, 9.17) is 23.2 Å². The van der Waals surface area contributed by atoms with Crippen molar-refractivity contribution in [2.24, 2.45) is 10.2 Å². The van der Waals surface area contributed by atoms with Crippen LogP contribution in [0.5, 0.6) is 0 Å². The molecule has 0 spiro atoms. The van der Waals surface area contributed by atoms with Crippen molar-refractivity contribution in [1.29, 1.82) is 0 Å². The van der Waals surface area contributed by atoms with Crippen molar-refractivity contribution < 1.29 is 4.79 Å². The van der Waals surface area contributed by atoms with Crippen molar-refractivity contribution in [1.82, 2.24) is 14.6 Å². The maximum Gasteiger partial charge on any atom is 0.234 e. The van der Waals surface area contributed by atoms with Crippen LogP contribution in [-0.4, -0.2) is 26.3 Å². The molecule has 2 heterocycles. The first-order valence-electron chi connectivity index (χ1n) is 8.78. The first-order valence-corrected chi connectivity index (χ1v) is 10.5. The van der Waals surface area contributed by atoms with Crippen LogP contribution in [-0.2, 0) is 4.79 Å². The van der Waals surface area contributed by atoms with Crippen LogP contribution in [0.25, 0.3) is 5.65 Å². The Balaban J connectivity index is 1.35. The molecule has 7 nitrogen and oxygen atoms in total. The number of nitrogens with zero attached hydrogens (tertiary/aromatic N) is 5. The van der Waals surface area contributed by atoms with E-state index in [1.807, 2.05) is 30.3 Å². The summed E-state index contributed by atoms with van der Waals surface area (Å²) in [6.45, 7) is 0. The fourth-order valence-electron chi connectivity index (χ4n) is 2.55. The molecule has 0 saturated heterocycles. The molecule has 0 atom stereocenters. The normalized spacial score (nSPS) is 11.3. The van der Waals surface area contributed by atoms with Gasteiger partial charge < -0.3 is 5.32 Å². The molecule has 150 valence electrons. The third-order valence-corrected chi connectivity index (χ3v) is 5.34. The van der Waals surface area contributed by atoms with Crippen molar-refractivity contribution in [3.8, 4) is 0 Å². The van der Waals surface area contributed by atoms with Crippen LogP contribution in [0, 0.1) is 0 Å². The summed E-state index contributed by atoms with van der Waals surface area (Å²) in [5.41, 5.74) is 2.62. The maximum atomic E-state index is 12.3. The van der Waals surface area contributed by atoms with Crippen molar-refractivity contribution in [2.45, 2.75) is 5.16 Å². The smallest absolute Gasteiger partial charge is 0.234 e. The first-order chi connectivity index (χ1) is 14.6. The summed E-state index contributed by atoms with van der Waals surface area (Å²) in [5, 5.41) is 20.6. The zero-order valence-corrected chi connectivity index (χ0v) is 17.7. The second kappa shape index (κ2) is 9.25. The lowest BCUT2D eigenvalue weighted by molar-refractivity contribution is -0.113. The molecule has 0 unspecified atom stereocenters. The molecule has 0 saturated carbocycles. The van der Waals surface area contributed by atoms with Gasteiger partial charge in [0.05, 0.1) is 27.2 Å². The predicted octanol–water partition coefficient (Wildman–Crippen LogP) is 6.18. The molecule has 0 bridgehead atoms. The van der Waals surface area contributed by atoms with Crippen LogP contribution in [0.2, 0.25) is 10.0 Å². The van der Waals surface area contributed by atoms with E-state index in [0.29, 0.717) is 32.2 Å². The van der Waals surface area contributed by atoms with E-state index in [1.54, 1.807) is 40.9 Å². The van der Waals surface area contributed by atoms with Gasteiger partial charge in [-0.25, -0.2) is 0 Å². The summed E-state index contributed by atoms with van der Waals surface area (Å²) in [6.07, 6.45) is 1.66. The van der Waals surface area contributed by atoms with Crippen LogP contribution in [0.15, 0.2) is 82.2 Å². The largest absolute Gasteiger partial charge is 0.325 e. The Hall–Kier alpha value is -2.94. The Bertz CT molecular complexity index is 1210. The highest BCUT2D eigenvalue weighted by atomic mass is 35.5. The Morgan fingerprint density at radius 2 is 1.70 bits per heavy atom. The van der Waals surface area contributed by atoms with Crippen LogP contribution in [0.3, 0.4) is 0 Å². The summed E-state index contributed by atoms with van der Waals surface area (Å²) >= 11 is 13.4. The number of carbonyl (C=O) groups is 1. The molecule has 4 rings (SSSR count). The number of thioether (sulfide) groups is 1. The highest BCUT2D eigenvalue weighted by Crippen LogP contribution is 2.25. The number of halogens is 2. The van der Waals surface area contributed by atoms with E-state index in [2.05, 4.69) is 25.7 Å². The third kappa shape index (κ3) is 4.96. The van der Waals surface area contributed by atoms with Gasteiger partial charge in [-0.1, -0.05) is 53.2 Å². The monoisotopic (exact) mass is 456 g/mol. The zero-order chi connectivity index (χ0) is 20.9. The highest BCUT2D eigenvalue weighted by Gasteiger charge is 2.12. The molecule has 4 aromatic rings. The predicted molar refractivity (Wildman–Crippen MR) is 119 cm³/mol. The molecule has 0 radical (unpaired) electrons. The molecule has 2 aromatic carbocycles. The van der Waals surface area contributed by atoms with Gasteiger partial charge in [-0.3, -0.25) is 9.20 Å². The van der Waals surface area contributed by atoms with Gasteiger partial charge in [0, 0.05) is 11.9 Å². The number of pyridine rings is 1. The average molecular weight is 457 g/mol. The maximum absolute atomic E-state index is 12.3. The quantitative estimate of drug-likeness (QED) is 0.277. The van der Waals surface area contributed by atoms with E-state index >= 15 is 0 Å². The lowest BCUT2D eigenvalue weighted by Gasteiger charge is -2.05. The molecule has 1 N–H and O–H groups in total. The lowest BCUT2D eigenvalue weighted by atomic mass is 10.3. The number of fused-ring (bicyclic) bond motifs is 1. The molecule has 30 heavy (non-hydrogen) atoms. The number of hydrogen-bond donors (Lipinski definition) is 1. The van der Waals surface area contributed by atoms with E-state index in [9.17, 15) is 4.79 Å². The number of hydrogen-bond acceptors (Lipinski definition) is 6. The molecular formula is C20H14Cl2N6OS. The van der Waals surface area contributed by atoms with Crippen molar-refractivity contribution in [2.75, 3.05) is 11.1 Å². The van der Waals surface area contributed by atoms with E-state index in [0.717, 1.165) is 5.69 Å². The van der Waals surface area contributed by atoms with Gasteiger partial charge in [0.2, 0.25) is 5.91 Å². The van der Waals surface area contributed by atoms with Crippen LogP contribution < -0.4 is 5.32 Å². The van der Waals surface area contributed by atoms with Crippen LogP contribution >= 0.6 is 35.0 Å². The summed E-state index contributed by atoms with van der Waals surface area (Å²) in [5.74, 6) is -0.0241. The van der Waals surface area contributed by atoms with Crippen LogP contribution in [0.1, 0.15) is 0 Å². The Kier molecular flexibility index (Phi) is 6.27. The minimum atomic E-state index is -0.177. The molecule has 10 heteroatoms. The second-order valence-corrected chi connectivity index (χ2v) is 7.89. The van der Waals surface area contributed by atoms with Gasteiger partial charge in [0.25, 0.3) is 0 Å². The Labute approximate surface area is 186 Å². The molecule has 0 fully saturated rings. The highest BCUT2D eigenvalue weighted by molar-refractivity contribution is 7.99. The molecule has 2 aromatic heterocycles. The Morgan fingerprint density at radius 1 is 1.00 bits per heavy atom. The standard InChI is InChI=1S/C20H14Cl2N6OS/c21-13-10-17(22)19-26-27-20(28(19)11-13)30-12-18(29)23-14-6-8-16(9-7-14)25-24-15-4-2-1-3-5-15/h1-11H,12H2,(H,23,29). The molecule has 0 aliphatic carbocycles. The summed E-state index contributed by atoms with van der Waals surface area (Å²) in [4.78, 5) is 12.3.